The van der Waals surface area contributed by atoms with Crippen molar-refractivity contribution in [3.8, 4) is 0 Å². The Kier molecular flexibility index (Phi) is 6.51. The van der Waals surface area contributed by atoms with E-state index in [1.165, 1.54) is 0 Å². The molecule has 0 aliphatic carbocycles. The summed E-state index contributed by atoms with van der Waals surface area (Å²) in [6.07, 6.45) is 0.411. The number of carboxylic acids is 1. The second-order valence-corrected chi connectivity index (χ2v) is 5.40. The highest BCUT2D eigenvalue weighted by molar-refractivity contribution is 5.89. The average Bonchev–Trinajstić information content (AvgIpc) is 2.61. The zero-order valence-corrected chi connectivity index (χ0v) is 13.6. The first-order chi connectivity index (χ1) is 11.6. The molecule has 0 aliphatic heterocycles. The molecular weight excluding hydrogens is 306 g/mol. The van der Waals surface area contributed by atoms with Gasteiger partial charge < -0.3 is 15.2 Å². The van der Waals surface area contributed by atoms with Gasteiger partial charge in [0.25, 0.3) is 0 Å². The molecule has 1 atom stereocenters. The quantitative estimate of drug-likeness (QED) is 0.782. The van der Waals surface area contributed by atoms with Crippen molar-refractivity contribution in [2.75, 3.05) is 13.7 Å². The van der Waals surface area contributed by atoms with Crippen LogP contribution in [0.1, 0.15) is 34.0 Å². The number of rotatable bonds is 8. The Morgan fingerprint density at radius 1 is 1.08 bits per heavy atom. The number of aromatic carboxylic acids is 1. The molecule has 1 amide bonds. The number of ether oxygens (including phenoxy) is 1. The molecule has 0 bridgehead atoms. The van der Waals surface area contributed by atoms with E-state index in [1.54, 1.807) is 31.4 Å². The number of benzene rings is 2. The van der Waals surface area contributed by atoms with Crippen molar-refractivity contribution in [1.29, 1.82) is 0 Å². The summed E-state index contributed by atoms with van der Waals surface area (Å²) in [6.45, 7) is 0.375. The number of nitrogens with one attached hydrogen (secondary N) is 1. The fourth-order valence-corrected chi connectivity index (χ4v) is 2.50. The molecule has 5 nitrogen and oxygen atoms in total. The van der Waals surface area contributed by atoms with Crippen LogP contribution in [0.5, 0.6) is 0 Å². The lowest BCUT2D eigenvalue weighted by molar-refractivity contribution is -0.121. The monoisotopic (exact) mass is 327 g/mol. The molecule has 0 aromatic heterocycles. The van der Waals surface area contributed by atoms with E-state index in [4.69, 9.17) is 9.84 Å². The number of carbonyl (C=O) groups excluding carboxylic acids is 1. The Balaban J connectivity index is 1.87. The van der Waals surface area contributed by atoms with Crippen LogP contribution in [0.15, 0.2) is 54.6 Å². The molecule has 1 unspecified atom stereocenters. The lowest BCUT2D eigenvalue weighted by atomic mass is 10.0. The minimum absolute atomic E-state index is 0.131. The smallest absolute Gasteiger partial charge is 0.335 e. The lowest BCUT2D eigenvalue weighted by Crippen LogP contribution is -2.29. The first kappa shape index (κ1) is 17.7. The second-order valence-electron chi connectivity index (χ2n) is 5.40. The van der Waals surface area contributed by atoms with Gasteiger partial charge in [0.15, 0.2) is 0 Å². The van der Waals surface area contributed by atoms with E-state index in [2.05, 4.69) is 5.32 Å². The molecule has 0 radical (unpaired) electrons. The van der Waals surface area contributed by atoms with Gasteiger partial charge in [0.05, 0.1) is 11.7 Å². The van der Waals surface area contributed by atoms with Gasteiger partial charge in [-0.05, 0) is 23.6 Å². The van der Waals surface area contributed by atoms with E-state index in [0.717, 1.165) is 5.56 Å². The van der Waals surface area contributed by atoms with E-state index >= 15 is 0 Å². The summed E-state index contributed by atoms with van der Waals surface area (Å²) in [4.78, 5) is 23.2. The Labute approximate surface area is 141 Å². The van der Waals surface area contributed by atoms with Gasteiger partial charge in [0.2, 0.25) is 5.91 Å². The van der Waals surface area contributed by atoms with Crippen LogP contribution in [0.4, 0.5) is 0 Å². The van der Waals surface area contributed by atoms with Gasteiger partial charge in [-0.15, -0.1) is 0 Å². The van der Waals surface area contributed by atoms with Crippen LogP contribution in [-0.2, 0) is 16.0 Å². The van der Waals surface area contributed by atoms with Crippen molar-refractivity contribution in [2.24, 2.45) is 0 Å². The molecule has 2 N–H and O–H groups in total. The van der Waals surface area contributed by atoms with Gasteiger partial charge in [0.1, 0.15) is 0 Å². The van der Waals surface area contributed by atoms with Crippen molar-refractivity contribution in [2.45, 2.75) is 18.9 Å². The van der Waals surface area contributed by atoms with Gasteiger partial charge in [-0.3, -0.25) is 4.79 Å². The third-order valence-electron chi connectivity index (χ3n) is 3.81. The lowest BCUT2D eigenvalue weighted by Gasteiger charge is -2.16. The number of aryl methyl sites for hydroxylation is 1. The maximum Gasteiger partial charge on any atom is 0.335 e. The van der Waals surface area contributed by atoms with E-state index in [0.29, 0.717) is 18.5 Å². The summed E-state index contributed by atoms with van der Waals surface area (Å²) in [5.41, 5.74) is 1.90. The van der Waals surface area contributed by atoms with Gasteiger partial charge in [-0.25, -0.2) is 4.79 Å². The summed E-state index contributed by atoms with van der Waals surface area (Å²) in [5, 5.41) is 12.0. The molecule has 0 fully saturated rings. The summed E-state index contributed by atoms with van der Waals surface area (Å²) < 4.78 is 5.41. The average molecular weight is 327 g/mol. The van der Waals surface area contributed by atoms with Crippen molar-refractivity contribution >= 4 is 11.9 Å². The minimum atomic E-state index is -0.977. The normalized spacial score (nSPS) is 11.7. The first-order valence-electron chi connectivity index (χ1n) is 7.77. The van der Waals surface area contributed by atoms with E-state index in [9.17, 15) is 9.59 Å². The number of hydrogen-bond acceptors (Lipinski definition) is 3. The zero-order chi connectivity index (χ0) is 17.4. The Morgan fingerprint density at radius 3 is 2.42 bits per heavy atom. The molecule has 0 heterocycles. The van der Waals surface area contributed by atoms with Gasteiger partial charge in [-0.1, -0.05) is 48.5 Å². The minimum Gasteiger partial charge on any atom is -0.478 e. The molecule has 0 aliphatic rings. The second kappa shape index (κ2) is 8.84. The molecule has 24 heavy (non-hydrogen) atoms. The van der Waals surface area contributed by atoms with E-state index in [-0.39, 0.29) is 24.0 Å². The fourth-order valence-electron chi connectivity index (χ4n) is 2.50. The van der Waals surface area contributed by atoms with Crippen LogP contribution in [0.3, 0.4) is 0 Å². The summed E-state index contributed by atoms with van der Waals surface area (Å²) in [6, 6.07) is 16.4. The maximum absolute atomic E-state index is 12.0. The highest BCUT2D eigenvalue weighted by atomic mass is 16.5. The van der Waals surface area contributed by atoms with Crippen molar-refractivity contribution in [3.05, 3.63) is 71.3 Å². The van der Waals surface area contributed by atoms with Crippen LogP contribution in [0, 0.1) is 0 Å². The summed E-state index contributed by atoms with van der Waals surface area (Å²) in [7, 11) is 1.60. The number of carboxylic acid groups (broad SMARTS) is 1. The Bertz CT molecular complexity index is 685. The fraction of sp³-hybridized carbons (Fsp3) is 0.263. The van der Waals surface area contributed by atoms with Crippen molar-refractivity contribution < 1.29 is 19.4 Å². The molecule has 2 aromatic rings. The number of amides is 1. The molecule has 2 aromatic carbocycles. The highest BCUT2D eigenvalue weighted by Gasteiger charge is 2.13. The molecule has 0 saturated carbocycles. The van der Waals surface area contributed by atoms with Crippen LogP contribution in [0.25, 0.3) is 0 Å². The molecule has 5 heteroatoms. The summed E-state index contributed by atoms with van der Waals surface area (Å²) >= 11 is 0. The van der Waals surface area contributed by atoms with E-state index < -0.39 is 5.97 Å². The van der Waals surface area contributed by atoms with Crippen LogP contribution in [0.2, 0.25) is 0 Å². The van der Waals surface area contributed by atoms with Crippen LogP contribution >= 0.6 is 0 Å². The molecular formula is C19H21NO4. The number of hydrogen-bond donors (Lipinski definition) is 2. The highest BCUT2D eigenvalue weighted by Crippen LogP contribution is 2.15. The van der Waals surface area contributed by atoms with Crippen molar-refractivity contribution in [1.82, 2.24) is 5.32 Å². The standard InChI is InChI=1S/C19H21NO4/c1-24-17(15-8-3-2-4-9-15)13-20-18(21)12-11-14-7-5-6-10-16(14)19(22)23/h2-10,17H,11-13H2,1H3,(H,20,21)(H,22,23). The third-order valence-corrected chi connectivity index (χ3v) is 3.81. The summed E-state index contributed by atoms with van der Waals surface area (Å²) in [5.74, 6) is -1.11. The first-order valence-corrected chi connectivity index (χ1v) is 7.77. The SMILES string of the molecule is COC(CNC(=O)CCc1ccccc1C(=O)O)c1ccccc1. The van der Waals surface area contributed by atoms with Gasteiger partial charge in [0, 0.05) is 20.1 Å². The molecule has 0 saturated heterocycles. The van der Waals surface area contributed by atoms with Crippen LogP contribution in [-0.4, -0.2) is 30.6 Å². The van der Waals surface area contributed by atoms with Gasteiger partial charge >= 0.3 is 5.97 Å². The Morgan fingerprint density at radius 2 is 1.75 bits per heavy atom. The third kappa shape index (κ3) is 4.93. The molecule has 2 rings (SSSR count). The molecule has 0 spiro atoms. The largest absolute Gasteiger partial charge is 0.478 e. The van der Waals surface area contributed by atoms with E-state index in [1.807, 2.05) is 30.3 Å². The number of carbonyl (C=O) groups is 2. The predicted octanol–water partition coefficient (Wildman–Crippen LogP) is 2.82. The Hall–Kier alpha value is -2.66. The van der Waals surface area contributed by atoms with Crippen molar-refractivity contribution in [3.63, 3.8) is 0 Å². The number of methoxy groups -OCH3 is 1. The zero-order valence-electron chi connectivity index (χ0n) is 13.6. The molecule has 126 valence electrons. The predicted molar refractivity (Wildman–Crippen MR) is 90.9 cm³/mol. The maximum atomic E-state index is 12.0. The van der Waals surface area contributed by atoms with Gasteiger partial charge in [-0.2, -0.15) is 0 Å². The topological polar surface area (TPSA) is 75.6 Å². The van der Waals surface area contributed by atoms with Crippen LogP contribution < -0.4 is 5.32 Å².